The molecular weight excluding hydrogens is 552 g/mol. The van der Waals surface area contributed by atoms with E-state index < -0.39 is 0 Å². The Bertz CT molecular complexity index is 1280. The van der Waals surface area contributed by atoms with Crippen molar-refractivity contribution in [1.82, 2.24) is 19.8 Å². The van der Waals surface area contributed by atoms with E-state index in [0.717, 1.165) is 87.4 Å². The number of aliphatic hydroxyl groups excluding tert-OH is 1. The molecule has 9 heteroatoms. The van der Waals surface area contributed by atoms with E-state index in [-0.39, 0.29) is 24.5 Å². The average molecular weight is 607 g/mol. The van der Waals surface area contributed by atoms with Gasteiger partial charge in [-0.05, 0) is 70.6 Å². The summed E-state index contributed by atoms with van der Waals surface area (Å²) in [4.78, 5) is 26.2. The van der Waals surface area contributed by atoms with Crippen LogP contribution in [-0.4, -0.2) is 76.7 Å². The number of rotatable bonds is 16. The molecule has 1 aromatic heterocycles. The average Bonchev–Trinajstić information content (AvgIpc) is 3.01. The molecule has 0 bridgehead atoms. The first-order chi connectivity index (χ1) is 21.2. The maximum Gasteiger partial charge on any atom is 0.222 e. The number of benzene rings is 1. The summed E-state index contributed by atoms with van der Waals surface area (Å²) >= 11 is 0. The van der Waals surface area contributed by atoms with Crippen molar-refractivity contribution < 1.29 is 14.6 Å². The molecule has 1 aliphatic rings. The monoisotopic (exact) mass is 606 g/mol. The number of nitrogens with one attached hydrogen (secondary N) is 1. The standard InChI is InChI=1S/C35H54N6O3/c1-7-10-30(24-42)38-34-31(27(5)37-35(36)39-34)22-29-15-14-28(21-32(29)44-6)23-40-17-19-41(20-18-40)33(43)16-13-26(4)12-9-11-25(3)8-2/h8,12,14-15,21,30,42H,7,9-11,13,16-20,22-24H2,1-6H3,(H3,36,37,38,39)/b25-8+,26-12+/t30-/m0/s1. The summed E-state index contributed by atoms with van der Waals surface area (Å²) in [5.41, 5.74) is 12.6. The van der Waals surface area contributed by atoms with Gasteiger partial charge in [-0.25, -0.2) is 4.98 Å². The van der Waals surface area contributed by atoms with Gasteiger partial charge in [0.25, 0.3) is 0 Å². The van der Waals surface area contributed by atoms with Crippen LogP contribution in [0.2, 0.25) is 0 Å². The van der Waals surface area contributed by atoms with Crippen LogP contribution in [0.15, 0.2) is 41.5 Å². The predicted octanol–water partition coefficient (Wildman–Crippen LogP) is 5.66. The summed E-state index contributed by atoms with van der Waals surface area (Å²) in [6.07, 6.45) is 10.3. The van der Waals surface area contributed by atoms with Crippen LogP contribution in [0, 0.1) is 6.92 Å². The normalized spacial score (nSPS) is 15.4. The van der Waals surface area contributed by atoms with Gasteiger partial charge < -0.3 is 25.8 Å². The molecule has 1 aromatic carbocycles. The van der Waals surface area contributed by atoms with E-state index >= 15 is 0 Å². The molecule has 1 saturated heterocycles. The Balaban J connectivity index is 1.57. The van der Waals surface area contributed by atoms with E-state index in [1.807, 2.05) is 11.8 Å². The van der Waals surface area contributed by atoms with Crippen LogP contribution in [0.4, 0.5) is 11.8 Å². The Morgan fingerprint density at radius 2 is 1.89 bits per heavy atom. The lowest BCUT2D eigenvalue weighted by atomic mass is 10.0. The number of aryl methyl sites for hydroxylation is 1. The highest BCUT2D eigenvalue weighted by Crippen LogP contribution is 2.29. The number of anilines is 2. The molecule has 1 aliphatic heterocycles. The molecule has 2 aromatic rings. The molecule has 1 amide bonds. The first kappa shape index (κ1) is 35.1. The van der Waals surface area contributed by atoms with Crippen molar-refractivity contribution in [3.05, 3.63) is 63.9 Å². The van der Waals surface area contributed by atoms with Crippen molar-refractivity contribution in [1.29, 1.82) is 0 Å². The minimum atomic E-state index is -0.101. The predicted molar refractivity (Wildman–Crippen MR) is 180 cm³/mol. The van der Waals surface area contributed by atoms with Gasteiger partial charge in [0.2, 0.25) is 11.9 Å². The first-order valence-corrected chi connectivity index (χ1v) is 16.1. The summed E-state index contributed by atoms with van der Waals surface area (Å²) in [5, 5.41) is 13.2. The number of hydrogen-bond acceptors (Lipinski definition) is 8. The number of nitrogens with two attached hydrogens (primary N) is 1. The van der Waals surface area contributed by atoms with Gasteiger partial charge in [-0.1, -0.05) is 48.8 Å². The van der Waals surface area contributed by atoms with Gasteiger partial charge in [-0.15, -0.1) is 0 Å². The number of carbonyl (C=O) groups is 1. The molecular formula is C35H54N6O3. The van der Waals surface area contributed by atoms with Crippen LogP contribution in [0.5, 0.6) is 5.75 Å². The Morgan fingerprint density at radius 1 is 1.14 bits per heavy atom. The number of methoxy groups -OCH3 is 1. The van der Waals surface area contributed by atoms with Crippen molar-refractivity contribution in [3.63, 3.8) is 0 Å². The third-order valence-electron chi connectivity index (χ3n) is 8.54. The van der Waals surface area contributed by atoms with E-state index in [4.69, 9.17) is 10.5 Å². The van der Waals surface area contributed by atoms with Crippen molar-refractivity contribution >= 4 is 17.7 Å². The van der Waals surface area contributed by atoms with Gasteiger partial charge in [0, 0.05) is 56.8 Å². The second-order valence-corrected chi connectivity index (χ2v) is 12.0. The number of piperazine rings is 1. The quantitative estimate of drug-likeness (QED) is 0.210. The van der Waals surface area contributed by atoms with E-state index in [9.17, 15) is 9.90 Å². The summed E-state index contributed by atoms with van der Waals surface area (Å²) in [7, 11) is 1.70. The third kappa shape index (κ3) is 10.6. The molecule has 1 atom stereocenters. The number of carbonyl (C=O) groups excluding carboxylic acids is 1. The number of ether oxygens (including phenoxy) is 1. The molecule has 0 radical (unpaired) electrons. The molecule has 242 valence electrons. The number of nitrogen functional groups attached to an aromatic ring is 1. The SMILES string of the molecule is C/C=C(\C)CC/C=C(\C)CCC(=O)N1CCN(Cc2ccc(Cc3c(C)nc(N)nc3N[C@H](CO)CCC)c(OC)c2)CC1. The van der Waals surface area contributed by atoms with Crippen LogP contribution in [0.25, 0.3) is 0 Å². The molecule has 0 aliphatic carbocycles. The number of allylic oxidation sites excluding steroid dienone is 4. The van der Waals surface area contributed by atoms with Crippen molar-refractivity contribution in [2.24, 2.45) is 0 Å². The maximum atomic E-state index is 12.9. The third-order valence-corrected chi connectivity index (χ3v) is 8.54. The van der Waals surface area contributed by atoms with E-state index in [0.29, 0.717) is 18.7 Å². The number of amides is 1. The maximum absolute atomic E-state index is 12.9. The highest BCUT2D eigenvalue weighted by molar-refractivity contribution is 5.76. The smallest absolute Gasteiger partial charge is 0.222 e. The van der Waals surface area contributed by atoms with Gasteiger partial charge in [0.15, 0.2) is 0 Å². The molecule has 0 spiro atoms. The molecule has 2 heterocycles. The Kier molecular flexibility index (Phi) is 14.1. The van der Waals surface area contributed by atoms with Crippen LogP contribution in [0.3, 0.4) is 0 Å². The lowest BCUT2D eigenvalue weighted by molar-refractivity contribution is -0.133. The van der Waals surface area contributed by atoms with Gasteiger partial charge >= 0.3 is 0 Å². The Hall–Kier alpha value is -3.43. The first-order valence-electron chi connectivity index (χ1n) is 16.1. The minimum absolute atomic E-state index is 0.0187. The Morgan fingerprint density at radius 3 is 2.55 bits per heavy atom. The van der Waals surface area contributed by atoms with Crippen molar-refractivity contribution in [3.8, 4) is 5.75 Å². The topological polar surface area (TPSA) is 117 Å². The largest absolute Gasteiger partial charge is 0.496 e. The van der Waals surface area contributed by atoms with Gasteiger partial charge in [0.1, 0.15) is 11.6 Å². The molecule has 1 fully saturated rings. The highest BCUT2D eigenvalue weighted by atomic mass is 16.5. The fourth-order valence-corrected chi connectivity index (χ4v) is 5.59. The fourth-order valence-electron chi connectivity index (χ4n) is 5.59. The number of hydrogen-bond donors (Lipinski definition) is 3. The van der Waals surface area contributed by atoms with Gasteiger partial charge in [-0.2, -0.15) is 4.98 Å². The van der Waals surface area contributed by atoms with Crippen LogP contribution < -0.4 is 15.8 Å². The summed E-state index contributed by atoms with van der Waals surface area (Å²) in [5.74, 6) is 1.94. The lowest BCUT2D eigenvalue weighted by Gasteiger charge is -2.35. The van der Waals surface area contributed by atoms with Crippen molar-refractivity contribution in [2.45, 2.75) is 92.2 Å². The zero-order valence-electron chi connectivity index (χ0n) is 27.8. The summed E-state index contributed by atoms with van der Waals surface area (Å²) in [6, 6.07) is 6.26. The molecule has 0 unspecified atom stereocenters. The van der Waals surface area contributed by atoms with E-state index in [2.05, 4.69) is 78.2 Å². The fraction of sp³-hybridized carbons (Fsp3) is 0.571. The molecule has 3 rings (SSSR count). The molecule has 0 saturated carbocycles. The van der Waals surface area contributed by atoms with Gasteiger partial charge in [0.05, 0.1) is 19.8 Å². The second-order valence-electron chi connectivity index (χ2n) is 12.0. The van der Waals surface area contributed by atoms with Crippen LogP contribution >= 0.6 is 0 Å². The summed E-state index contributed by atoms with van der Waals surface area (Å²) in [6.45, 7) is 14.5. The Labute approximate surface area is 264 Å². The summed E-state index contributed by atoms with van der Waals surface area (Å²) < 4.78 is 5.82. The minimum Gasteiger partial charge on any atom is -0.496 e. The van der Waals surface area contributed by atoms with E-state index in [1.165, 1.54) is 16.7 Å². The zero-order valence-corrected chi connectivity index (χ0v) is 27.8. The van der Waals surface area contributed by atoms with Gasteiger partial charge in [-0.3, -0.25) is 9.69 Å². The van der Waals surface area contributed by atoms with Crippen molar-refractivity contribution in [2.75, 3.05) is 50.9 Å². The van der Waals surface area contributed by atoms with E-state index in [1.54, 1.807) is 7.11 Å². The number of nitrogens with zero attached hydrogens (tertiary/aromatic N) is 4. The number of aliphatic hydroxyl groups is 1. The van der Waals surface area contributed by atoms with Crippen LogP contribution in [-0.2, 0) is 17.8 Å². The lowest BCUT2D eigenvalue weighted by Crippen LogP contribution is -2.48. The second kappa shape index (κ2) is 17.8. The number of aromatic nitrogens is 2. The highest BCUT2D eigenvalue weighted by Gasteiger charge is 2.22. The zero-order chi connectivity index (χ0) is 32.1. The molecule has 4 N–H and O–H groups in total. The van der Waals surface area contributed by atoms with Crippen LogP contribution in [0.1, 0.15) is 88.6 Å². The molecule has 9 nitrogen and oxygen atoms in total. The molecule has 44 heavy (non-hydrogen) atoms.